The summed E-state index contributed by atoms with van der Waals surface area (Å²) in [4.78, 5) is 23.2. The van der Waals surface area contributed by atoms with E-state index in [0.29, 0.717) is 5.57 Å². The van der Waals surface area contributed by atoms with Crippen LogP contribution in [0.3, 0.4) is 0 Å². The van der Waals surface area contributed by atoms with Crippen LogP contribution in [0.15, 0.2) is 11.1 Å². The molecule has 5 heteroatoms. The molecule has 0 spiro atoms. The van der Waals surface area contributed by atoms with E-state index in [9.17, 15) is 9.59 Å². The van der Waals surface area contributed by atoms with Gasteiger partial charge in [-0.1, -0.05) is 12.0 Å². The maximum absolute atomic E-state index is 11.7. The van der Waals surface area contributed by atoms with Crippen molar-refractivity contribution in [3.05, 3.63) is 11.1 Å². The van der Waals surface area contributed by atoms with E-state index in [1.54, 1.807) is 6.92 Å². The zero-order valence-corrected chi connectivity index (χ0v) is 12.7. The molecule has 0 aromatic heterocycles. The van der Waals surface area contributed by atoms with Crippen molar-refractivity contribution < 1.29 is 23.8 Å². The highest BCUT2D eigenvalue weighted by atomic mass is 16.8. The van der Waals surface area contributed by atoms with Gasteiger partial charge in [-0.3, -0.25) is 0 Å². The summed E-state index contributed by atoms with van der Waals surface area (Å²) in [5.74, 6) is -0.483. The van der Waals surface area contributed by atoms with Crippen molar-refractivity contribution in [2.24, 2.45) is 0 Å². The summed E-state index contributed by atoms with van der Waals surface area (Å²) in [5.41, 5.74) is 1.38. The molecule has 1 unspecified atom stereocenters. The minimum atomic E-state index is -0.951. The van der Waals surface area contributed by atoms with E-state index >= 15 is 0 Å². The van der Waals surface area contributed by atoms with Gasteiger partial charge in [0.05, 0.1) is 0 Å². The molecule has 1 aliphatic rings. The summed E-state index contributed by atoms with van der Waals surface area (Å²) in [5, 5.41) is 0. The average molecular weight is 284 g/mol. The molecule has 0 aromatic rings. The second-order valence-corrected chi connectivity index (χ2v) is 5.34. The van der Waals surface area contributed by atoms with E-state index in [4.69, 9.17) is 14.2 Å². The maximum atomic E-state index is 11.7. The highest BCUT2D eigenvalue weighted by Gasteiger charge is 2.21. The Balaban J connectivity index is 2.34. The third-order valence-corrected chi connectivity index (χ3v) is 3.41. The second-order valence-electron chi connectivity index (χ2n) is 5.34. The fourth-order valence-electron chi connectivity index (χ4n) is 1.95. The fraction of sp³-hybridized carbons (Fsp3) is 0.733. The molecule has 0 aromatic carbocycles. The summed E-state index contributed by atoms with van der Waals surface area (Å²) in [6.07, 6.45) is 3.29. The van der Waals surface area contributed by atoms with E-state index in [0.717, 1.165) is 31.3 Å². The van der Waals surface area contributed by atoms with Crippen molar-refractivity contribution in [3.63, 3.8) is 0 Å². The largest absolute Gasteiger partial charge is 0.511 e. The topological polar surface area (TPSA) is 61.8 Å². The first-order valence-electron chi connectivity index (χ1n) is 7.12. The smallest absolute Gasteiger partial charge is 0.431 e. The minimum absolute atomic E-state index is 0.0707. The number of carbonyl (C=O) groups is 2. The van der Waals surface area contributed by atoms with Crippen molar-refractivity contribution in [1.82, 2.24) is 0 Å². The molecular weight excluding hydrogens is 260 g/mol. The van der Waals surface area contributed by atoms with Gasteiger partial charge in [-0.15, -0.1) is 0 Å². The monoisotopic (exact) mass is 284 g/mol. The highest BCUT2D eigenvalue weighted by Crippen LogP contribution is 2.21. The molecule has 1 saturated carbocycles. The lowest BCUT2D eigenvalue weighted by Gasteiger charge is -2.22. The van der Waals surface area contributed by atoms with E-state index in [-0.39, 0.29) is 6.10 Å². The van der Waals surface area contributed by atoms with Gasteiger partial charge in [0.2, 0.25) is 6.29 Å². The Morgan fingerprint density at radius 2 is 1.60 bits per heavy atom. The molecule has 20 heavy (non-hydrogen) atoms. The number of esters is 1. The Hall–Kier alpha value is -1.52. The van der Waals surface area contributed by atoms with Gasteiger partial charge in [0, 0.05) is 12.5 Å². The van der Waals surface area contributed by atoms with Gasteiger partial charge in [0.25, 0.3) is 0 Å². The maximum Gasteiger partial charge on any atom is 0.511 e. The van der Waals surface area contributed by atoms with Crippen LogP contribution in [0.25, 0.3) is 0 Å². The molecule has 5 nitrogen and oxygen atoms in total. The van der Waals surface area contributed by atoms with Crippen LogP contribution < -0.4 is 0 Å². The molecular formula is C15H24O5. The van der Waals surface area contributed by atoms with E-state index < -0.39 is 18.4 Å². The lowest BCUT2D eigenvalue weighted by molar-refractivity contribution is -0.164. The average Bonchev–Trinajstić information content (AvgIpc) is 2.38. The second kappa shape index (κ2) is 7.92. The van der Waals surface area contributed by atoms with Crippen LogP contribution in [0.2, 0.25) is 0 Å². The zero-order chi connectivity index (χ0) is 15.1. The first-order chi connectivity index (χ1) is 9.40. The van der Waals surface area contributed by atoms with Crippen molar-refractivity contribution in [2.45, 2.75) is 72.2 Å². The van der Waals surface area contributed by atoms with E-state index in [1.807, 2.05) is 13.8 Å². The molecule has 0 radical (unpaired) electrons. The number of allylic oxidation sites excluding steroid dienone is 1. The van der Waals surface area contributed by atoms with Gasteiger partial charge in [-0.25, -0.2) is 9.59 Å². The Morgan fingerprint density at radius 1 is 1.00 bits per heavy atom. The highest BCUT2D eigenvalue weighted by molar-refractivity contribution is 5.88. The first-order valence-corrected chi connectivity index (χ1v) is 7.12. The molecule has 0 aliphatic heterocycles. The number of rotatable bonds is 4. The van der Waals surface area contributed by atoms with E-state index in [1.165, 1.54) is 13.3 Å². The molecule has 0 heterocycles. The molecule has 1 fully saturated rings. The Bertz CT molecular complexity index is 376. The quantitative estimate of drug-likeness (QED) is 0.447. The number of hydrogen-bond donors (Lipinski definition) is 0. The molecule has 0 saturated heterocycles. The van der Waals surface area contributed by atoms with Crippen molar-refractivity contribution >= 4 is 12.1 Å². The molecule has 0 amide bonds. The summed E-state index contributed by atoms with van der Waals surface area (Å²) < 4.78 is 15.1. The minimum Gasteiger partial charge on any atom is -0.431 e. The summed E-state index contributed by atoms with van der Waals surface area (Å²) in [7, 11) is 0. The number of ether oxygens (including phenoxy) is 3. The first kappa shape index (κ1) is 16.5. The standard InChI is InChI=1S/C15H24O5/c1-10(2)11(3)14(16)18-12(4)19-15(17)20-13-8-6-5-7-9-13/h12-13H,5-9H2,1-4H3. The number of hydrogen-bond acceptors (Lipinski definition) is 5. The summed E-state index contributed by atoms with van der Waals surface area (Å²) >= 11 is 0. The molecule has 1 atom stereocenters. The van der Waals surface area contributed by atoms with Crippen molar-refractivity contribution in [3.8, 4) is 0 Å². The third-order valence-electron chi connectivity index (χ3n) is 3.41. The Labute approximate surface area is 120 Å². The molecule has 114 valence electrons. The molecule has 0 bridgehead atoms. The lowest BCUT2D eigenvalue weighted by Crippen LogP contribution is -2.27. The van der Waals surface area contributed by atoms with Gasteiger partial charge in [-0.05, 0) is 46.5 Å². The fourth-order valence-corrected chi connectivity index (χ4v) is 1.95. The van der Waals surface area contributed by atoms with Gasteiger partial charge >= 0.3 is 12.1 Å². The Kier molecular flexibility index (Phi) is 6.55. The van der Waals surface area contributed by atoms with Gasteiger partial charge in [-0.2, -0.15) is 0 Å². The Morgan fingerprint density at radius 3 is 2.15 bits per heavy atom. The SMILES string of the molecule is CC(C)=C(C)C(=O)OC(C)OC(=O)OC1CCCCC1. The third kappa shape index (κ3) is 5.63. The van der Waals surface area contributed by atoms with Crippen LogP contribution in [0.1, 0.15) is 59.8 Å². The van der Waals surface area contributed by atoms with Crippen LogP contribution in [-0.4, -0.2) is 24.5 Å². The van der Waals surface area contributed by atoms with Crippen LogP contribution in [0.5, 0.6) is 0 Å². The van der Waals surface area contributed by atoms with Crippen LogP contribution in [0.4, 0.5) is 4.79 Å². The molecule has 1 aliphatic carbocycles. The summed E-state index contributed by atoms with van der Waals surface area (Å²) in [6, 6.07) is 0. The summed E-state index contributed by atoms with van der Waals surface area (Å²) in [6.45, 7) is 6.81. The van der Waals surface area contributed by atoms with Crippen LogP contribution in [0, 0.1) is 0 Å². The molecule has 0 N–H and O–H groups in total. The normalized spacial score (nSPS) is 17.0. The van der Waals surface area contributed by atoms with Crippen LogP contribution in [-0.2, 0) is 19.0 Å². The zero-order valence-electron chi connectivity index (χ0n) is 12.7. The molecule has 1 rings (SSSR count). The lowest BCUT2D eigenvalue weighted by atomic mass is 9.98. The predicted octanol–water partition coefficient (Wildman–Crippen LogP) is 3.72. The van der Waals surface area contributed by atoms with E-state index in [2.05, 4.69) is 0 Å². The van der Waals surface area contributed by atoms with Crippen molar-refractivity contribution in [1.29, 1.82) is 0 Å². The van der Waals surface area contributed by atoms with Gasteiger partial charge < -0.3 is 14.2 Å². The van der Waals surface area contributed by atoms with Gasteiger partial charge in [0.15, 0.2) is 0 Å². The predicted molar refractivity (Wildman–Crippen MR) is 74.0 cm³/mol. The van der Waals surface area contributed by atoms with Gasteiger partial charge in [0.1, 0.15) is 6.10 Å². The van der Waals surface area contributed by atoms with Crippen LogP contribution >= 0.6 is 0 Å². The van der Waals surface area contributed by atoms with Crippen molar-refractivity contribution in [2.75, 3.05) is 0 Å². The number of carbonyl (C=O) groups excluding carboxylic acids is 2.